The summed E-state index contributed by atoms with van der Waals surface area (Å²) < 4.78 is 26.4. The molecule has 0 heterocycles. The van der Waals surface area contributed by atoms with Crippen LogP contribution < -0.4 is 5.32 Å². The van der Waals surface area contributed by atoms with Crippen LogP contribution in [0.4, 0.5) is 8.78 Å². The number of hydrogen-bond acceptors (Lipinski definition) is 3. The highest BCUT2D eigenvalue weighted by molar-refractivity contribution is 5.30. The average molecular weight is 273 g/mol. The molecule has 0 aliphatic carbocycles. The minimum Gasteiger partial charge on any atom is -0.503 e. The second-order valence-electron chi connectivity index (χ2n) is 5.72. The van der Waals surface area contributed by atoms with Gasteiger partial charge in [0.05, 0.1) is 0 Å². The fourth-order valence-corrected chi connectivity index (χ4v) is 1.93. The van der Waals surface area contributed by atoms with Crippen molar-refractivity contribution in [3.8, 4) is 5.75 Å². The molecule has 1 unspecified atom stereocenters. The van der Waals surface area contributed by atoms with Crippen LogP contribution in [0, 0.1) is 17.0 Å². The lowest BCUT2D eigenvalue weighted by atomic mass is 9.85. The molecule has 0 aliphatic rings. The number of rotatable bonds is 5. The molecule has 1 rings (SSSR count). The Labute approximate surface area is 112 Å². The van der Waals surface area contributed by atoms with Crippen LogP contribution in [0.15, 0.2) is 12.1 Å². The van der Waals surface area contributed by atoms with Gasteiger partial charge < -0.3 is 15.5 Å². The number of phenolic OH excluding ortho intramolecular Hbond substituents is 1. The van der Waals surface area contributed by atoms with Crippen LogP contribution in [-0.2, 0) is 6.54 Å². The molecule has 0 radical (unpaired) electrons. The molecule has 0 spiro atoms. The lowest BCUT2D eigenvalue weighted by Crippen LogP contribution is -2.40. The standard InChI is InChI=1S/C14H21F2NO2/c1-14(2,3)12(4-5-18)17-8-9-6-10(15)13(19)11(16)7-9/h6-7,12,17-19H,4-5,8H2,1-3H3. The molecule has 0 aromatic heterocycles. The first-order chi connectivity index (χ1) is 8.75. The van der Waals surface area contributed by atoms with E-state index in [0.717, 1.165) is 12.1 Å². The van der Waals surface area contributed by atoms with E-state index in [-0.39, 0.29) is 24.6 Å². The Balaban J connectivity index is 2.75. The van der Waals surface area contributed by atoms with E-state index < -0.39 is 17.4 Å². The van der Waals surface area contributed by atoms with E-state index in [1.54, 1.807) is 0 Å². The van der Waals surface area contributed by atoms with Gasteiger partial charge in [-0.2, -0.15) is 0 Å². The lowest BCUT2D eigenvalue weighted by molar-refractivity contribution is 0.196. The zero-order chi connectivity index (χ0) is 14.6. The van der Waals surface area contributed by atoms with Crippen LogP contribution in [0.3, 0.4) is 0 Å². The highest BCUT2D eigenvalue weighted by Gasteiger charge is 2.23. The minimum atomic E-state index is -0.966. The molecule has 1 aromatic rings. The van der Waals surface area contributed by atoms with Gasteiger partial charge in [-0.25, -0.2) is 8.78 Å². The Kier molecular flexibility index (Phi) is 5.26. The van der Waals surface area contributed by atoms with Crippen molar-refractivity contribution in [2.24, 2.45) is 5.41 Å². The second kappa shape index (κ2) is 6.30. The van der Waals surface area contributed by atoms with E-state index >= 15 is 0 Å². The third-order valence-electron chi connectivity index (χ3n) is 3.09. The molecular weight excluding hydrogens is 252 g/mol. The molecule has 0 bridgehead atoms. The third kappa shape index (κ3) is 4.44. The van der Waals surface area contributed by atoms with Crippen molar-refractivity contribution in [1.82, 2.24) is 5.32 Å². The smallest absolute Gasteiger partial charge is 0.187 e. The summed E-state index contributed by atoms with van der Waals surface area (Å²) in [5.41, 5.74) is 0.344. The van der Waals surface area contributed by atoms with Crippen molar-refractivity contribution in [3.63, 3.8) is 0 Å². The Morgan fingerprint density at radius 2 is 1.74 bits per heavy atom. The largest absolute Gasteiger partial charge is 0.503 e. The Morgan fingerprint density at radius 1 is 1.21 bits per heavy atom. The van der Waals surface area contributed by atoms with E-state index in [9.17, 15) is 8.78 Å². The number of nitrogens with one attached hydrogen (secondary N) is 1. The number of hydrogen-bond donors (Lipinski definition) is 3. The normalized spacial score (nSPS) is 13.6. The molecule has 1 atom stereocenters. The van der Waals surface area contributed by atoms with Crippen molar-refractivity contribution in [3.05, 3.63) is 29.3 Å². The van der Waals surface area contributed by atoms with Crippen molar-refractivity contribution in [1.29, 1.82) is 0 Å². The van der Waals surface area contributed by atoms with Crippen molar-refractivity contribution < 1.29 is 19.0 Å². The summed E-state index contributed by atoms with van der Waals surface area (Å²) in [7, 11) is 0. The van der Waals surface area contributed by atoms with Crippen LogP contribution in [0.25, 0.3) is 0 Å². The van der Waals surface area contributed by atoms with Crippen molar-refractivity contribution in [2.75, 3.05) is 6.61 Å². The molecular formula is C14H21F2NO2. The minimum absolute atomic E-state index is 0.0254. The van der Waals surface area contributed by atoms with E-state index in [1.807, 2.05) is 20.8 Å². The van der Waals surface area contributed by atoms with Crippen LogP contribution in [0.2, 0.25) is 0 Å². The molecule has 108 valence electrons. The number of aliphatic hydroxyl groups excluding tert-OH is 1. The Morgan fingerprint density at radius 3 is 2.16 bits per heavy atom. The van der Waals surface area contributed by atoms with E-state index in [0.29, 0.717) is 12.0 Å². The van der Waals surface area contributed by atoms with Gasteiger partial charge in [-0.15, -0.1) is 0 Å². The maximum absolute atomic E-state index is 13.2. The molecule has 5 heteroatoms. The Bertz CT molecular complexity index is 407. The van der Waals surface area contributed by atoms with E-state index in [1.165, 1.54) is 0 Å². The van der Waals surface area contributed by atoms with Gasteiger partial charge in [0, 0.05) is 19.2 Å². The zero-order valence-electron chi connectivity index (χ0n) is 11.5. The second-order valence-corrected chi connectivity index (χ2v) is 5.72. The number of phenols is 1. The predicted octanol–water partition coefficient (Wildman–Crippen LogP) is 2.56. The van der Waals surface area contributed by atoms with Gasteiger partial charge in [0.1, 0.15) is 0 Å². The van der Waals surface area contributed by atoms with Crippen molar-refractivity contribution in [2.45, 2.75) is 39.8 Å². The van der Waals surface area contributed by atoms with E-state index in [2.05, 4.69) is 5.32 Å². The van der Waals surface area contributed by atoms with Gasteiger partial charge in [0.2, 0.25) is 0 Å². The molecule has 0 aliphatic heterocycles. The highest BCUT2D eigenvalue weighted by Crippen LogP contribution is 2.24. The molecule has 3 N–H and O–H groups in total. The summed E-state index contributed by atoms with van der Waals surface area (Å²) in [6.45, 7) is 6.40. The van der Waals surface area contributed by atoms with Crippen LogP contribution in [0.5, 0.6) is 5.75 Å². The monoisotopic (exact) mass is 273 g/mol. The maximum atomic E-state index is 13.2. The molecule has 0 saturated carbocycles. The fourth-order valence-electron chi connectivity index (χ4n) is 1.93. The first-order valence-electron chi connectivity index (χ1n) is 6.27. The molecule has 0 amide bonds. The summed E-state index contributed by atoms with van der Waals surface area (Å²) in [5.74, 6) is -2.89. The number of aromatic hydroxyl groups is 1. The van der Waals surface area contributed by atoms with Crippen LogP contribution >= 0.6 is 0 Å². The summed E-state index contributed by atoms with van der Waals surface area (Å²) in [6, 6.07) is 2.23. The summed E-state index contributed by atoms with van der Waals surface area (Å²) in [6.07, 6.45) is 0.562. The molecule has 1 aromatic carbocycles. The van der Waals surface area contributed by atoms with Crippen molar-refractivity contribution >= 4 is 0 Å². The van der Waals surface area contributed by atoms with Gasteiger partial charge in [-0.1, -0.05) is 20.8 Å². The first kappa shape index (κ1) is 15.9. The number of aliphatic hydroxyl groups is 1. The Hall–Kier alpha value is -1.20. The third-order valence-corrected chi connectivity index (χ3v) is 3.09. The van der Waals surface area contributed by atoms with Gasteiger partial charge in [-0.3, -0.25) is 0 Å². The van der Waals surface area contributed by atoms with Gasteiger partial charge in [0.15, 0.2) is 17.4 Å². The topological polar surface area (TPSA) is 52.5 Å². The maximum Gasteiger partial charge on any atom is 0.187 e. The summed E-state index contributed by atoms with van der Waals surface area (Å²) in [4.78, 5) is 0. The van der Waals surface area contributed by atoms with Gasteiger partial charge >= 0.3 is 0 Å². The fraction of sp³-hybridized carbons (Fsp3) is 0.571. The van der Waals surface area contributed by atoms with Gasteiger partial charge in [0.25, 0.3) is 0 Å². The van der Waals surface area contributed by atoms with Gasteiger partial charge in [-0.05, 0) is 29.5 Å². The summed E-state index contributed by atoms with van der Waals surface area (Å²) >= 11 is 0. The molecule has 0 saturated heterocycles. The first-order valence-corrected chi connectivity index (χ1v) is 6.27. The highest BCUT2D eigenvalue weighted by atomic mass is 19.1. The average Bonchev–Trinajstić information content (AvgIpc) is 2.29. The quantitative estimate of drug-likeness (QED) is 0.773. The zero-order valence-corrected chi connectivity index (χ0v) is 11.5. The number of benzene rings is 1. The number of halogens is 2. The molecule has 0 fully saturated rings. The molecule has 19 heavy (non-hydrogen) atoms. The SMILES string of the molecule is CC(C)(C)C(CCO)NCc1cc(F)c(O)c(F)c1. The van der Waals surface area contributed by atoms with E-state index in [4.69, 9.17) is 10.2 Å². The summed E-state index contributed by atoms with van der Waals surface area (Å²) in [5, 5.41) is 21.2. The van der Waals surface area contributed by atoms with Crippen LogP contribution in [0.1, 0.15) is 32.8 Å². The van der Waals surface area contributed by atoms with Crippen LogP contribution in [-0.4, -0.2) is 22.9 Å². The predicted molar refractivity (Wildman–Crippen MR) is 69.8 cm³/mol. The lowest BCUT2D eigenvalue weighted by Gasteiger charge is -2.31. The molecule has 3 nitrogen and oxygen atoms in total.